The number of nitrogens with zero attached hydrogens (tertiary/aromatic N) is 2. The van der Waals surface area contributed by atoms with Crippen LogP contribution in [0.4, 0.5) is 0 Å². The minimum atomic E-state index is 0.846. The highest BCUT2D eigenvalue weighted by molar-refractivity contribution is 7.09. The summed E-state index contributed by atoms with van der Waals surface area (Å²) in [7, 11) is 0. The summed E-state index contributed by atoms with van der Waals surface area (Å²) in [5, 5.41) is 8.00. The molecular formula is C16H19N3S. The van der Waals surface area contributed by atoms with E-state index < -0.39 is 0 Å². The number of aromatic nitrogens is 2. The third-order valence-electron chi connectivity index (χ3n) is 3.44. The van der Waals surface area contributed by atoms with E-state index >= 15 is 0 Å². The van der Waals surface area contributed by atoms with Gasteiger partial charge in [0, 0.05) is 23.1 Å². The highest BCUT2D eigenvalue weighted by atomic mass is 32.1. The molecule has 3 aromatic rings. The quantitative estimate of drug-likeness (QED) is 0.776. The summed E-state index contributed by atoms with van der Waals surface area (Å²) in [6, 6.07) is 10.8. The molecule has 1 N–H and O–H groups in total. The maximum absolute atomic E-state index is 4.59. The Bertz CT molecular complexity index is 711. The molecule has 0 aliphatic heterocycles. The first-order valence-corrected chi connectivity index (χ1v) is 7.84. The van der Waals surface area contributed by atoms with E-state index in [2.05, 4.69) is 64.4 Å². The van der Waals surface area contributed by atoms with Crippen LogP contribution in [0.5, 0.6) is 0 Å². The summed E-state index contributed by atoms with van der Waals surface area (Å²) in [6.07, 6.45) is 0. The molecule has 1 aromatic carbocycles. The van der Waals surface area contributed by atoms with E-state index in [1.807, 2.05) is 0 Å². The minimum Gasteiger partial charge on any atom is -0.337 e. The third kappa shape index (κ3) is 2.62. The SMILES string of the molecule is CCNCc1cc2ccccc2n1Cc1csc(C)n1. The van der Waals surface area contributed by atoms with Crippen LogP contribution in [-0.2, 0) is 13.1 Å². The van der Waals surface area contributed by atoms with Crippen molar-refractivity contribution in [2.75, 3.05) is 6.54 Å². The van der Waals surface area contributed by atoms with Crippen molar-refractivity contribution in [3.8, 4) is 0 Å². The van der Waals surface area contributed by atoms with Crippen molar-refractivity contribution in [2.45, 2.75) is 26.9 Å². The fourth-order valence-electron chi connectivity index (χ4n) is 2.50. The Balaban J connectivity index is 2.01. The summed E-state index contributed by atoms with van der Waals surface area (Å²) < 4.78 is 2.37. The summed E-state index contributed by atoms with van der Waals surface area (Å²) in [4.78, 5) is 4.59. The molecule has 4 heteroatoms. The molecule has 0 saturated carbocycles. The van der Waals surface area contributed by atoms with E-state index in [9.17, 15) is 0 Å². The van der Waals surface area contributed by atoms with Gasteiger partial charge in [-0.15, -0.1) is 11.3 Å². The molecule has 0 atom stereocenters. The van der Waals surface area contributed by atoms with Gasteiger partial charge in [0.1, 0.15) is 0 Å². The van der Waals surface area contributed by atoms with E-state index in [0.29, 0.717) is 0 Å². The van der Waals surface area contributed by atoms with Crippen LogP contribution in [0.1, 0.15) is 23.3 Å². The Labute approximate surface area is 123 Å². The molecule has 0 unspecified atom stereocenters. The van der Waals surface area contributed by atoms with Crippen LogP contribution < -0.4 is 5.32 Å². The van der Waals surface area contributed by atoms with Crippen molar-refractivity contribution in [3.05, 3.63) is 52.1 Å². The third-order valence-corrected chi connectivity index (χ3v) is 4.26. The van der Waals surface area contributed by atoms with Crippen LogP contribution in [0, 0.1) is 6.92 Å². The molecule has 0 saturated heterocycles. The van der Waals surface area contributed by atoms with Gasteiger partial charge in [-0.2, -0.15) is 0 Å². The van der Waals surface area contributed by atoms with Crippen molar-refractivity contribution < 1.29 is 0 Å². The lowest BCUT2D eigenvalue weighted by Gasteiger charge is -2.09. The van der Waals surface area contributed by atoms with Crippen molar-refractivity contribution in [3.63, 3.8) is 0 Å². The van der Waals surface area contributed by atoms with E-state index in [1.165, 1.54) is 16.6 Å². The number of nitrogens with one attached hydrogen (secondary N) is 1. The summed E-state index contributed by atoms with van der Waals surface area (Å²) >= 11 is 1.72. The van der Waals surface area contributed by atoms with Gasteiger partial charge >= 0.3 is 0 Å². The molecule has 104 valence electrons. The molecule has 0 amide bonds. The molecule has 2 heterocycles. The molecule has 3 nitrogen and oxygen atoms in total. The predicted octanol–water partition coefficient (Wildman–Crippen LogP) is 3.56. The predicted molar refractivity (Wildman–Crippen MR) is 85.3 cm³/mol. The standard InChI is InChI=1S/C16H19N3S/c1-3-17-9-15-8-13-6-4-5-7-16(13)19(15)10-14-11-20-12(2)18-14/h4-8,11,17H,3,9-10H2,1-2H3. The van der Waals surface area contributed by atoms with Gasteiger partial charge in [-0.05, 0) is 31.0 Å². The molecule has 3 rings (SSSR count). The topological polar surface area (TPSA) is 29.9 Å². The monoisotopic (exact) mass is 285 g/mol. The Morgan fingerprint density at radius 1 is 1.30 bits per heavy atom. The molecule has 2 aromatic heterocycles. The van der Waals surface area contributed by atoms with Crippen LogP contribution in [0.25, 0.3) is 10.9 Å². The fraction of sp³-hybridized carbons (Fsp3) is 0.312. The molecule has 0 aliphatic carbocycles. The maximum atomic E-state index is 4.59. The molecule has 0 radical (unpaired) electrons. The zero-order chi connectivity index (χ0) is 13.9. The fourth-order valence-corrected chi connectivity index (χ4v) is 3.10. The van der Waals surface area contributed by atoms with E-state index in [1.54, 1.807) is 11.3 Å². The van der Waals surface area contributed by atoms with Crippen molar-refractivity contribution >= 4 is 22.2 Å². The van der Waals surface area contributed by atoms with Crippen LogP contribution in [0.2, 0.25) is 0 Å². The maximum Gasteiger partial charge on any atom is 0.0898 e. The first-order valence-electron chi connectivity index (χ1n) is 6.97. The lowest BCUT2D eigenvalue weighted by atomic mass is 10.2. The second kappa shape index (κ2) is 5.77. The van der Waals surface area contributed by atoms with Crippen molar-refractivity contribution in [2.24, 2.45) is 0 Å². The van der Waals surface area contributed by atoms with E-state index in [4.69, 9.17) is 0 Å². The molecule has 0 aliphatic rings. The van der Waals surface area contributed by atoms with Gasteiger partial charge in [-0.1, -0.05) is 25.1 Å². The zero-order valence-electron chi connectivity index (χ0n) is 11.9. The van der Waals surface area contributed by atoms with E-state index in [0.717, 1.165) is 30.3 Å². The largest absolute Gasteiger partial charge is 0.337 e. The number of fused-ring (bicyclic) bond motifs is 1. The Hall–Kier alpha value is -1.65. The summed E-state index contributed by atoms with van der Waals surface area (Å²) in [5.74, 6) is 0. The van der Waals surface area contributed by atoms with Gasteiger partial charge in [-0.25, -0.2) is 4.98 Å². The second-order valence-electron chi connectivity index (χ2n) is 4.92. The smallest absolute Gasteiger partial charge is 0.0898 e. The molecule has 0 fully saturated rings. The number of rotatable bonds is 5. The molecule has 0 bridgehead atoms. The van der Waals surface area contributed by atoms with Crippen LogP contribution in [0.15, 0.2) is 35.7 Å². The number of hydrogen-bond donors (Lipinski definition) is 1. The van der Waals surface area contributed by atoms with Gasteiger partial charge < -0.3 is 9.88 Å². The van der Waals surface area contributed by atoms with Gasteiger partial charge in [0.2, 0.25) is 0 Å². The molecular weight excluding hydrogens is 266 g/mol. The van der Waals surface area contributed by atoms with Crippen molar-refractivity contribution in [1.29, 1.82) is 0 Å². The van der Waals surface area contributed by atoms with Crippen LogP contribution in [0.3, 0.4) is 0 Å². The van der Waals surface area contributed by atoms with Gasteiger partial charge in [0.05, 0.1) is 17.2 Å². The first kappa shape index (κ1) is 13.3. The number of benzene rings is 1. The second-order valence-corrected chi connectivity index (χ2v) is 5.98. The highest BCUT2D eigenvalue weighted by Crippen LogP contribution is 2.21. The zero-order valence-corrected chi connectivity index (χ0v) is 12.7. The van der Waals surface area contributed by atoms with Gasteiger partial charge in [0.25, 0.3) is 0 Å². The number of para-hydroxylation sites is 1. The average Bonchev–Trinajstić information content (AvgIpc) is 3.02. The van der Waals surface area contributed by atoms with Crippen LogP contribution in [-0.4, -0.2) is 16.1 Å². The first-order chi connectivity index (χ1) is 9.78. The Morgan fingerprint density at radius 2 is 2.15 bits per heavy atom. The highest BCUT2D eigenvalue weighted by Gasteiger charge is 2.09. The lowest BCUT2D eigenvalue weighted by molar-refractivity contribution is 0.662. The number of thiazole rings is 1. The van der Waals surface area contributed by atoms with Gasteiger partial charge in [-0.3, -0.25) is 0 Å². The van der Waals surface area contributed by atoms with E-state index in [-0.39, 0.29) is 0 Å². The number of aryl methyl sites for hydroxylation is 1. The lowest BCUT2D eigenvalue weighted by Crippen LogP contribution is -2.15. The summed E-state index contributed by atoms with van der Waals surface area (Å²) in [6.45, 7) is 6.92. The minimum absolute atomic E-state index is 0.846. The summed E-state index contributed by atoms with van der Waals surface area (Å²) in [5.41, 5.74) is 3.75. The van der Waals surface area contributed by atoms with Crippen molar-refractivity contribution in [1.82, 2.24) is 14.9 Å². The average molecular weight is 285 g/mol. The Morgan fingerprint density at radius 3 is 2.90 bits per heavy atom. The van der Waals surface area contributed by atoms with Crippen LogP contribution >= 0.6 is 11.3 Å². The normalized spacial score (nSPS) is 11.3. The number of hydrogen-bond acceptors (Lipinski definition) is 3. The Kier molecular flexibility index (Phi) is 3.85. The molecule has 20 heavy (non-hydrogen) atoms. The molecule has 0 spiro atoms. The van der Waals surface area contributed by atoms with Gasteiger partial charge in [0.15, 0.2) is 0 Å².